The van der Waals surface area contributed by atoms with Crippen molar-refractivity contribution >= 4 is 52.3 Å². The largest absolute Gasteiger partial charge is 0.481 e. The van der Waals surface area contributed by atoms with Crippen molar-refractivity contribution < 1.29 is 29.1 Å². The van der Waals surface area contributed by atoms with E-state index < -0.39 is 60.2 Å². The van der Waals surface area contributed by atoms with Crippen LogP contribution in [0.1, 0.15) is 30.0 Å². The van der Waals surface area contributed by atoms with E-state index in [1.54, 1.807) is 36.5 Å². The maximum atomic E-state index is 13.2. The summed E-state index contributed by atoms with van der Waals surface area (Å²) in [6, 6.07) is 10.9. The third kappa shape index (κ3) is 8.82. The van der Waals surface area contributed by atoms with E-state index in [1.165, 1.54) is 11.8 Å². The van der Waals surface area contributed by atoms with Crippen LogP contribution in [-0.4, -0.2) is 69.8 Å². The third-order valence-electron chi connectivity index (χ3n) is 6.41. The number of rotatable bonds is 15. The van der Waals surface area contributed by atoms with E-state index in [0.29, 0.717) is 11.3 Å². The second kappa shape index (κ2) is 14.9. The van der Waals surface area contributed by atoms with Gasteiger partial charge in [-0.2, -0.15) is 11.8 Å². The minimum absolute atomic E-state index is 0.202. The fourth-order valence-corrected chi connectivity index (χ4v) is 4.75. The Bertz CT molecular complexity index is 1380. The number of thioether (sulfide) groups is 1. The SMILES string of the molecule is CSCC[C@H](NC(=O)[C@@H](N)Cc1c[nH]c2ccccc12)C(=O)N[C@@H](CC(=O)O)C(=O)N[C@@H](C(N)=O)c1ccccc1. The number of para-hydroxylation sites is 1. The Labute approximate surface area is 241 Å². The van der Waals surface area contributed by atoms with Crippen molar-refractivity contribution in [2.75, 3.05) is 12.0 Å². The molecule has 3 rings (SSSR count). The molecule has 41 heavy (non-hydrogen) atoms. The molecule has 0 saturated carbocycles. The van der Waals surface area contributed by atoms with Crippen molar-refractivity contribution in [3.8, 4) is 0 Å². The van der Waals surface area contributed by atoms with Crippen molar-refractivity contribution in [3.05, 3.63) is 71.9 Å². The number of aromatic amines is 1. The first-order chi connectivity index (χ1) is 19.6. The average Bonchev–Trinajstić information content (AvgIpc) is 3.35. The number of hydrogen-bond acceptors (Lipinski definition) is 7. The number of hydrogen-bond donors (Lipinski definition) is 7. The van der Waals surface area contributed by atoms with Gasteiger partial charge in [0.2, 0.25) is 23.6 Å². The number of fused-ring (bicyclic) bond motifs is 1. The Balaban J connectivity index is 1.71. The highest BCUT2D eigenvalue weighted by Crippen LogP contribution is 2.19. The van der Waals surface area contributed by atoms with Crippen LogP contribution >= 0.6 is 11.8 Å². The van der Waals surface area contributed by atoms with Crippen LogP contribution in [0.15, 0.2) is 60.8 Å². The van der Waals surface area contributed by atoms with Gasteiger partial charge in [0.25, 0.3) is 0 Å². The smallest absolute Gasteiger partial charge is 0.305 e. The minimum Gasteiger partial charge on any atom is -0.481 e. The van der Waals surface area contributed by atoms with Gasteiger partial charge in [0.05, 0.1) is 12.5 Å². The molecule has 3 aromatic rings. The molecule has 0 fully saturated rings. The number of nitrogens with one attached hydrogen (secondary N) is 4. The van der Waals surface area contributed by atoms with Crippen molar-refractivity contribution in [1.82, 2.24) is 20.9 Å². The molecule has 12 nitrogen and oxygen atoms in total. The summed E-state index contributed by atoms with van der Waals surface area (Å²) in [5.74, 6) is -3.98. The normalized spacial score (nSPS) is 13.9. The average molecular weight is 583 g/mol. The van der Waals surface area contributed by atoms with Crippen LogP contribution in [0.4, 0.5) is 0 Å². The molecule has 1 aromatic heterocycles. The summed E-state index contributed by atoms with van der Waals surface area (Å²) in [6.45, 7) is 0. The summed E-state index contributed by atoms with van der Waals surface area (Å²) >= 11 is 1.44. The van der Waals surface area contributed by atoms with Gasteiger partial charge in [-0.25, -0.2) is 0 Å². The molecule has 0 unspecified atom stereocenters. The van der Waals surface area contributed by atoms with Gasteiger partial charge in [-0.05, 0) is 42.0 Å². The number of carboxylic acids is 1. The molecule has 0 bridgehead atoms. The van der Waals surface area contributed by atoms with Gasteiger partial charge in [0.15, 0.2) is 0 Å². The van der Waals surface area contributed by atoms with E-state index in [-0.39, 0.29) is 12.8 Å². The first kappa shape index (κ1) is 31.2. The predicted molar refractivity (Wildman–Crippen MR) is 156 cm³/mol. The summed E-state index contributed by atoms with van der Waals surface area (Å²) < 4.78 is 0. The third-order valence-corrected chi connectivity index (χ3v) is 7.05. The van der Waals surface area contributed by atoms with Gasteiger partial charge in [-0.1, -0.05) is 48.5 Å². The molecule has 1 heterocycles. The van der Waals surface area contributed by atoms with Crippen LogP contribution in [0.3, 0.4) is 0 Å². The molecule has 9 N–H and O–H groups in total. The molecule has 4 amide bonds. The summed E-state index contributed by atoms with van der Waals surface area (Å²) in [7, 11) is 0. The summed E-state index contributed by atoms with van der Waals surface area (Å²) in [4.78, 5) is 66.0. The van der Waals surface area contributed by atoms with Gasteiger partial charge in [-0.15, -0.1) is 0 Å². The van der Waals surface area contributed by atoms with E-state index in [9.17, 15) is 29.1 Å². The highest BCUT2D eigenvalue weighted by molar-refractivity contribution is 7.98. The Kier molecular flexibility index (Phi) is 11.3. The van der Waals surface area contributed by atoms with Gasteiger partial charge < -0.3 is 37.5 Å². The maximum absolute atomic E-state index is 13.2. The number of carboxylic acid groups (broad SMARTS) is 1. The zero-order valence-electron chi connectivity index (χ0n) is 22.5. The molecule has 13 heteroatoms. The van der Waals surface area contributed by atoms with E-state index in [2.05, 4.69) is 20.9 Å². The van der Waals surface area contributed by atoms with Crippen LogP contribution in [0.5, 0.6) is 0 Å². The number of aliphatic carboxylic acids is 1. The quantitative estimate of drug-likeness (QED) is 0.134. The lowest BCUT2D eigenvalue weighted by molar-refractivity contribution is -0.141. The van der Waals surface area contributed by atoms with Crippen molar-refractivity contribution in [2.45, 2.75) is 43.4 Å². The Morgan fingerprint density at radius 1 is 0.902 bits per heavy atom. The number of carbonyl (C=O) groups excluding carboxylic acids is 4. The Morgan fingerprint density at radius 2 is 1.54 bits per heavy atom. The standard InChI is InChI=1S/C28H34N6O6S/c1-41-12-11-21(32-26(38)19(29)13-17-15-31-20-10-6-5-9-18(17)20)27(39)33-22(14-23(35)36)28(40)34-24(25(30)37)16-7-3-2-4-8-16/h2-10,15,19,21-22,24,31H,11-14,29H2,1H3,(H2,30,37)(H,32,38)(H,33,39)(H,34,40)(H,35,36)/t19-,21-,22-,24+/m0/s1. The van der Waals surface area contributed by atoms with Crippen LogP contribution in [0.2, 0.25) is 0 Å². The number of H-pyrrole nitrogens is 1. The monoisotopic (exact) mass is 582 g/mol. The van der Waals surface area contributed by atoms with E-state index in [1.807, 2.05) is 30.5 Å². The fourth-order valence-electron chi connectivity index (χ4n) is 4.28. The number of amides is 4. The number of nitrogens with two attached hydrogens (primary N) is 2. The number of primary amides is 1. The molecule has 0 spiro atoms. The van der Waals surface area contributed by atoms with Crippen LogP contribution in [0.25, 0.3) is 10.9 Å². The lowest BCUT2D eigenvalue weighted by atomic mass is 10.0. The maximum Gasteiger partial charge on any atom is 0.305 e. The van der Waals surface area contributed by atoms with E-state index in [0.717, 1.165) is 16.5 Å². The highest BCUT2D eigenvalue weighted by Gasteiger charge is 2.31. The van der Waals surface area contributed by atoms with Gasteiger partial charge in [0, 0.05) is 17.1 Å². The van der Waals surface area contributed by atoms with E-state index >= 15 is 0 Å². The first-order valence-corrected chi connectivity index (χ1v) is 14.3. The van der Waals surface area contributed by atoms with Crippen molar-refractivity contribution in [2.24, 2.45) is 11.5 Å². The zero-order chi connectivity index (χ0) is 29.9. The summed E-state index contributed by atoms with van der Waals surface area (Å²) in [5, 5.41) is 17.8. The summed E-state index contributed by atoms with van der Waals surface area (Å²) in [6.07, 6.45) is 3.26. The lowest BCUT2D eigenvalue weighted by Crippen LogP contribution is -2.57. The molecular weight excluding hydrogens is 548 g/mol. The second-order valence-corrected chi connectivity index (χ2v) is 10.4. The second-order valence-electron chi connectivity index (χ2n) is 9.43. The van der Waals surface area contributed by atoms with Gasteiger partial charge in [-0.3, -0.25) is 24.0 Å². The molecule has 0 aliphatic carbocycles. The lowest BCUT2D eigenvalue weighted by Gasteiger charge is -2.25. The molecule has 2 aromatic carbocycles. The van der Waals surface area contributed by atoms with Crippen molar-refractivity contribution in [1.29, 1.82) is 0 Å². The Morgan fingerprint density at radius 3 is 2.20 bits per heavy atom. The fraction of sp³-hybridized carbons (Fsp3) is 0.321. The minimum atomic E-state index is -1.54. The van der Waals surface area contributed by atoms with E-state index in [4.69, 9.17) is 11.5 Å². The number of aromatic nitrogens is 1. The van der Waals surface area contributed by atoms with Crippen LogP contribution in [0, 0.1) is 0 Å². The number of benzene rings is 2. The van der Waals surface area contributed by atoms with Crippen molar-refractivity contribution in [3.63, 3.8) is 0 Å². The number of carbonyl (C=O) groups is 5. The predicted octanol–water partition coefficient (Wildman–Crippen LogP) is 0.578. The highest BCUT2D eigenvalue weighted by atomic mass is 32.2. The molecule has 4 atom stereocenters. The Hall–Kier alpha value is -4.36. The van der Waals surface area contributed by atoms with Gasteiger partial charge in [0.1, 0.15) is 18.1 Å². The molecule has 0 aliphatic rings. The molecule has 0 radical (unpaired) electrons. The van der Waals surface area contributed by atoms with Gasteiger partial charge >= 0.3 is 5.97 Å². The molecule has 0 aliphatic heterocycles. The zero-order valence-corrected chi connectivity index (χ0v) is 23.3. The first-order valence-electron chi connectivity index (χ1n) is 12.9. The molecule has 218 valence electrons. The van der Waals surface area contributed by atoms with Crippen LogP contribution in [-0.2, 0) is 30.4 Å². The van der Waals surface area contributed by atoms with Crippen LogP contribution < -0.4 is 27.4 Å². The molecular formula is C28H34N6O6S. The topological polar surface area (TPSA) is 209 Å². The molecule has 0 saturated heterocycles. The summed E-state index contributed by atoms with van der Waals surface area (Å²) in [5.41, 5.74) is 13.8.